The van der Waals surface area contributed by atoms with Crippen LogP contribution in [0.4, 0.5) is 21.7 Å². The van der Waals surface area contributed by atoms with Crippen molar-refractivity contribution in [1.82, 2.24) is 34.8 Å². The number of hydrogen-bond acceptors (Lipinski definition) is 8. The summed E-state index contributed by atoms with van der Waals surface area (Å²) >= 11 is 0. The van der Waals surface area contributed by atoms with E-state index in [0.717, 1.165) is 50.3 Å². The van der Waals surface area contributed by atoms with Crippen LogP contribution in [0.25, 0.3) is 16.7 Å². The molecule has 1 unspecified atom stereocenters. The maximum Gasteiger partial charge on any atom is 0.268 e. The number of benzene rings is 1. The van der Waals surface area contributed by atoms with Crippen LogP contribution in [0.3, 0.4) is 0 Å². The summed E-state index contributed by atoms with van der Waals surface area (Å²) in [5, 5.41) is 15.4. The molecule has 0 spiro atoms. The molecule has 39 heavy (non-hydrogen) atoms. The third kappa shape index (κ3) is 4.86. The van der Waals surface area contributed by atoms with Gasteiger partial charge in [0.1, 0.15) is 11.5 Å². The van der Waals surface area contributed by atoms with Gasteiger partial charge in [-0.3, -0.25) is 9.36 Å². The molecule has 0 radical (unpaired) electrons. The molecule has 1 saturated heterocycles. The van der Waals surface area contributed by atoms with Gasteiger partial charge in [-0.25, -0.2) is 14.1 Å². The lowest BCUT2D eigenvalue weighted by molar-refractivity contribution is 0.478. The zero-order valence-corrected chi connectivity index (χ0v) is 21.6. The second kappa shape index (κ2) is 10.3. The molecular weight excluding hydrogens is 497 g/mol. The lowest BCUT2D eigenvalue weighted by Crippen LogP contribution is -2.49. The van der Waals surface area contributed by atoms with Crippen LogP contribution >= 0.6 is 0 Å². The van der Waals surface area contributed by atoms with Crippen molar-refractivity contribution in [3.05, 3.63) is 70.2 Å². The third-order valence-corrected chi connectivity index (χ3v) is 7.12. The molecule has 0 saturated carbocycles. The molecule has 198 valence electrons. The molecular formula is C28H28FN9O. The fraction of sp³-hybridized carbons (Fsp3) is 0.321. The van der Waals surface area contributed by atoms with E-state index >= 15 is 4.39 Å². The van der Waals surface area contributed by atoms with Crippen molar-refractivity contribution >= 4 is 34.1 Å². The van der Waals surface area contributed by atoms with Crippen molar-refractivity contribution in [2.75, 3.05) is 29.9 Å². The Hall–Kier alpha value is -4.56. The lowest BCUT2D eigenvalue weighted by Gasteiger charge is -2.33. The van der Waals surface area contributed by atoms with Crippen LogP contribution in [0.1, 0.15) is 37.4 Å². The number of nitrogens with one attached hydrogen (secondary N) is 2. The van der Waals surface area contributed by atoms with Crippen molar-refractivity contribution in [1.29, 1.82) is 0 Å². The zero-order chi connectivity index (χ0) is 26.9. The van der Waals surface area contributed by atoms with Gasteiger partial charge in [0.05, 0.1) is 29.7 Å². The Kier molecular flexibility index (Phi) is 6.54. The van der Waals surface area contributed by atoms with Crippen molar-refractivity contribution < 1.29 is 4.39 Å². The van der Waals surface area contributed by atoms with E-state index in [9.17, 15) is 4.79 Å². The monoisotopic (exact) mass is 525 g/mol. The number of rotatable bonds is 6. The van der Waals surface area contributed by atoms with Gasteiger partial charge in [-0.15, -0.1) is 11.5 Å². The molecule has 3 aromatic heterocycles. The highest BCUT2D eigenvalue weighted by Gasteiger charge is 2.20. The molecule has 4 aromatic rings. The molecule has 1 fully saturated rings. The Morgan fingerprint density at radius 2 is 2.18 bits per heavy atom. The highest BCUT2D eigenvalue weighted by molar-refractivity contribution is 5.77. The van der Waals surface area contributed by atoms with E-state index in [2.05, 4.69) is 49.8 Å². The molecule has 10 nitrogen and oxygen atoms in total. The topological polar surface area (TPSA) is 106 Å². The van der Waals surface area contributed by atoms with E-state index in [1.807, 2.05) is 4.90 Å². The molecule has 1 aliphatic heterocycles. The van der Waals surface area contributed by atoms with Crippen molar-refractivity contribution in [3.8, 4) is 12.3 Å². The van der Waals surface area contributed by atoms with E-state index in [0.29, 0.717) is 28.5 Å². The van der Waals surface area contributed by atoms with E-state index < -0.39 is 0 Å². The zero-order valence-electron chi connectivity index (χ0n) is 21.6. The van der Waals surface area contributed by atoms with Crippen LogP contribution in [-0.4, -0.2) is 55.2 Å². The van der Waals surface area contributed by atoms with E-state index in [-0.39, 0.29) is 29.4 Å². The van der Waals surface area contributed by atoms with Gasteiger partial charge in [-0.2, -0.15) is 4.98 Å². The van der Waals surface area contributed by atoms with Crippen LogP contribution in [0.15, 0.2) is 47.5 Å². The Labute approximate surface area is 224 Å². The standard InChI is InChI=1S/C28H28FN9O/c1-3-19-12-20-14-31-28(33-21-8-9-25(24(29)13-21)36-11-10-30-18(2)16-36)34-26(20)37(27(19)39)17-23-15-32-35-38(23)22-6-4-5-7-22/h1,6,8-9,12-15,18,30H,4-5,7,10-11,16-17H2,2H3,(H,31,33,34). The summed E-state index contributed by atoms with van der Waals surface area (Å²) in [7, 11) is 0. The van der Waals surface area contributed by atoms with Gasteiger partial charge < -0.3 is 15.5 Å². The van der Waals surface area contributed by atoms with Crippen LogP contribution in [-0.2, 0) is 6.54 Å². The first kappa shape index (κ1) is 24.8. The number of pyridine rings is 1. The summed E-state index contributed by atoms with van der Waals surface area (Å²) in [6, 6.07) is 6.89. The number of piperazine rings is 1. The number of nitrogens with zero attached hydrogens (tertiary/aromatic N) is 7. The maximum absolute atomic E-state index is 15.1. The summed E-state index contributed by atoms with van der Waals surface area (Å²) < 4.78 is 18.4. The lowest BCUT2D eigenvalue weighted by atomic mass is 10.2. The van der Waals surface area contributed by atoms with E-state index in [1.165, 1.54) is 10.6 Å². The second-order valence-corrected chi connectivity index (χ2v) is 9.88. The number of aromatic nitrogens is 6. The molecule has 1 aliphatic carbocycles. The molecule has 0 bridgehead atoms. The average molecular weight is 526 g/mol. The quantitative estimate of drug-likeness (QED) is 0.370. The fourth-order valence-electron chi connectivity index (χ4n) is 5.20. The number of anilines is 3. The fourth-order valence-corrected chi connectivity index (χ4v) is 5.20. The number of fused-ring (bicyclic) bond motifs is 1. The average Bonchev–Trinajstić information content (AvgIpc) is 3.62. The second-order valence-electron chi connectivity index (χ2n) is 9.88. The van der Waals surface area contributed by atoms with Gasteiger partial charge in [0.25, 0.3) is 5.56 Å². The summed E-state index contributed by atoms with van der Waals surface area (Å²) in [5.74, 6) is 2.38. The van der Waals surface area contributed by atoms with Crippen LogP contribution < -0.4 is 21.1 Å². The van der Waals surface area contributed by atoms with Gasteiger partial charge >= 0.3 is 0 Å². The first-order valence-corrected chi connectivity index (χ1v) is 13.0. The smallest absolute Gasteiger partial charge is 0.268 e. The Bertz CT molecular complexity index is 1680. The maximum atomic E-state index is 15.1. The molecule has 6 rings (SSSR count). The SMILES string of the molecule is C#Cc1cc2cnc(Nc3ccc(N4CCNC(C)C4)c(F)c3)nc2n(Cc2cnnn2C2=CCCC2)c1=O. The minimum Gasteiger partial charge on any atom is -0.366 e. The van der Waals surface area contributed by atoms with Crippen LogP contribution in [0, 0.1) is 18.2 Å². The minimum absolute atomic E-state index is 0.179. The molecule has 1 atom stereocenters. The Balaban J connectivity index is 1.33. The first-order chi connectivity index (χ1) is 19.0. The normalized spacial score (nSPS) is 17.3. The Morgan fingerprint density at radius 3 is 2.95 bits per heavy atom. The number of terminal acetylenes is 1. The summed E-state index contributed by atoms with van der Waals surface area (Å²) in [4.78, 5) is 24.4. The Morgan fingerprint density at radius 1 is 1.28 bits per heavy atom. The predicted molar refractivity (Wildman–Crippen MR) is 148 cm³/mol. The first-order valence-electron chi connectivity index (χ1n) is 13.0. The van der Waals surface area contributed by atoms with Crippen LogP contribution in [0.2, 0.25) is 0 Å². The van der Waals surface area contributed by atoms with Crippen molar-refractivity contribution in [3.63, 3.8) is 0 Å². The van der Waals surface area contributed by atoms with Gasteiger partial charge in [0.2, 0.25) is 5.95 Å². The molecule has 4 heterocycles. The van der Waals surface area contributed by atoms with E-state index in [4.69, 9.17) is 6.42 Å². The molecule has 2 N–H and O–H groups in total. The number of halogens is 1. The largest absolute Gasteiger partial charge is 0.366 e. The highest BCUT2D eigenvalue weighted by Crippen LogP contribution is 2.26. The molecule has 1 aromatic carbocycles. The van der Waals surface area contributed by atoms with Gasteiger partial charge in [-0.1, -0.05) is 17.2 Å². The number of hydrogen-bond donors (Lipinski definition) is 2. The molecule has 11 heteroatoms. The number of allylic oxidation sites excluding steroid dienone is 2. The van der Waals surface area contributed by atoms with Crippen LogP contribution in [0.5, 0.6) is 0 Å². The van der Waals surface area contributed by atoms with Crippen molar-refractivity contribution in [2.45, 2.75) is 38.8 Å². The summed E-state index contributed by atoms with van der Waals surface area (Å²) in [5.41, 5.74) is 3.14. The van der Waals surface area contributed by atoms with Crippen molar-refractivity contribution in [2.24, 2.45) is 0 Å². The van der Waals surface area contributed by atoms with Gasteiger partial charge in [0, 0.05) is 48.6 Å². The molecule has 2 aliphatic rings. The van der Waals surface area contributed by atoms with Gasteiger partial charge in [-0.05, 0) is 50.5 Å². The third-order valence-electron chi connectivity index (χ3n) is 7.12. The summed E-state index contributed by atoms with van der Waals surface area (Å²) in [6.07, 6.45) is 14.0. The highest BCUT2D eigenvalue weighted by atomic mass is 19.1. The molecule has 0 amide bonds. The minimum atomic E-state index is -0.344. The predicted octanol–water partition coefficient (Wildman–Crippen LogP) is 3.12. The summed E-state index contributed by atoms with van der Waals surface area (Å²) in [6.45, 7) is 4.55. The van der Waals surface area contributed by atoms with E-state index in [1.54, 1.807) is 35.3 Å². The van der Waals surface area contributed by atoms with Gasteiger partial charge in [0.15, 0.2) is 0 Å².